The fraction of sp³-hybridized carbons (Fsp3) is 0.538. The molecule has 1 aromatic heterocycles. The van der Waals surface area contributed by atoms with E-state index in [2.05, 4.69) is 5.32 Å². The second-order valence-corrected chi connectivity index (χ2v) is 4.62. The standard InChI is InChI=1S/C13H21N3O2/c1-4-16-8-10(5-6-12(16)17)15-13(18)11(7-14)9(2)3/h5-6,8-9,11H,4,7,14H2,1-3H3,(H,15,18). The first-order chi connectivity index (χ1) is 8.49. The first kappa shape index (κ1) is 14.4. The molecule has 5 nitrogen and oxygen atoms in total. The summed E-state index contributed by atoms with van der Waals surface area (Å²) >= 11 is 0. The highest BCUT2D eigenvalue weighted by Gasteiger charge is 2.20. The van der Waals surface area contributed by atoms with Crippen LogP contribution in [0.4, 0.5) is 5.69 Å². The number of hydrogen-bond acceptors (Lipinski definition) is 3. The minimum Gasteiger partial charge on any atom is -0.330 e. The van der Waals surface area contributed by atoms with Gasteiger partial charge in [0.2, 0.25) is 5.91 Å². The summed E-state index contributed by atoms with van der Waals surface area (Å²) in [5.74, 6) is -0.132. The summed E-state index contributed by atoms with van der Waals surface area (Å²) in [6, 6.07) is 3.06. The second kappa shape index (κ2) is 6.35. The average molecular weight is 251 g/mol. The predicted molar refractivity (Wildman–Crippen MR) is 72.4 cm³/mol. The molecule has 0 aliphatic carbocycles. The van der Waals surface area contributed by atoms with Crippen LogP contribution in [0.1, 0.15) is 20.8 Å². The molecule has 0 aliphatic heterocycles. The molecule has 0 aromatic carbocycles. The quantitative estimate of drug-likeness (QED) is 0.820. The summed E-state index contributed by atoms with van der Waals surface area (Å²) in [5.41, 5.74) is 6.14. The number of aryl methyl sites for hydroxylation is 1. The van der Waals surface area contributed by atoms with Crippen LogP contribution in [0, 0.1) is 11.8 Å². The van der Waals surface area contributed by atoms with Crippen molar-refractivity contribution >= 4 is 11.6 Å². The molecule has 0 fully saturated rings. The van der Waals surface area contributed by atoms with Crippen molar-refractivity contribution in [3.8, 4) is 0 Å². The van der Waals surface area contributed by atoms with E-state index in [9.17, 15) is 9.59 Å². The Hall–Kier alpha value is -1.62. The molecule has 1 unspecified atom stereocenters. The van der Waals surface area contributed by atoms with Crippen molar-refractivity contribution in [3.05, 3.63) is 28.7 Å². The lowest BCUT2D eigenvalue weighted by Gasteiger charge is -2.18. The van der Waals surface area contributed by atoms with Crippen molar-refractivity contribution in [2.75, 3.05) is 11.9 Å². The van der Waals surface area contributed by atoms with Crippen LogP contribution in [-0.2, 0) is 11.3 Å². The van der Waals surface area contributed by atoms with Gasteiger partial charge in [0.1, 0.15) is 0 Å². The number of carbonyl (C=O) groups is 1. The fourth-order valence-electron chi connectivity index (χ4n) is 1.77. The van der Waals surface area contributed by atoms with Crippen LogP contribution in [-0.4, -0.2) is 17.0 Å². The third-order valence-corrected chi connectivity index (χ3v) is 2.99. The van der Waals surface area contributed by atoms with E-state index in [1.54, 1.807) is 16.8 Å². The zero-order valence-electron chi connectivity index (χ0n) is 11.1. The fourth-order valence-corrected chi connectivity index (χ4v) is 1.77. The molecule has 100 valence electrons. The average Bonchev–Trinajstić information content (AvgIpc) is 2.32. The normalized spacial score (nSPS) is 12.5. The molecule has 1 atom stereocenters. The molecule has 1 amide bonds. The number of rotatable bonds is 5. The van der Waals surface area contributed by atoms with Crippen LogP contribution in [0.15, 0.2) is 23.1 Å². The maximum Gasteiger partial charge on any atom is 0.250 e. The van der Waals surface area contributed by atoms with Gasteiger partial charge in [-0.25, -0.2) is 0 Å². The molecule has 0 aliphatic rings. The first-order valence-corrected chi connectivity index (χ1v) is 6.21. The van der Waals surface area contributed by atoms with Crippen molar-refractivity contribution in [2.24, 2.45) is 17.6 Å². The topological polar surface area (TPSA) is 77.1 Å². The van der Waals surface area contributed by atoms with E-state index in [4.69, 9.17) is 5.73 Å². The van der Waals surface area contributed by atoms with Gasteiger partial charge in [0, 0.05) is 25.4 Å². The number of aromatic nitrogens is 1. The van der Waals surface area contributed by atoms with Gasteiger partial charge >= 0.3 is 0 Å². The van der Waals surface area contributed by atoms with Gasteiger partial charge < -0.3 is 15.6 Å². The minimum atomic E-state index is -0.216. The van der Waals surface area contributed by atoms with E-state index in [1.165, 1.54) is 6.07 Å². The summed E-state index contributed by atoms with van der Waals surface area (Å²) < 4.78 is 1.54. The predicted octanol–water partition coefficient (Wildman–Crippen LogP) is 1.04. The Morgan fingerprint density at radius 2 is 2.11 bits per heavy atom. The van der Waals surface area contributed by atoms with Crippen molar-refractivity contribution in [1.29, 1.82) is 0 Å². The first-order valence-electron chi connectivity index (χ1n) is 6.21. The van der Waals surface area contributed by atoms with Gasteiger partial charge in [0.05, 0.1) is 11.6 Å². The van der Waals surface area contributed by atoms with Crippen LogP contribution < -0.4 is 16.6 Å². The Morgan fingerprint density at radius 1 is 1.44 bits per heavy atom. The summed E-state index contributed by atoms with van der Waals surface area (Å²) in [6.07, 6.45) is 1.65. The van der Waals surface area contributed by atoms with Gasteiger partial charge in [-0.3, -0.25) is 9.59 Å². The number of nitrogens with two attached hydrogens (primary N) is 1. The molecule has 3 N–H and O–H groups in total. The molecular formula is C13H21N3O2. The molecule has 5 heteroatoms. The van der Waals surface area contributed by atoms with Gasteiger partial charge in [-0.05, 0) is 18.9 Å². The Bertz CT molecular complexity index is 466. The van der Waals surface area contributed by atoms with E-state index in [1.807, 2.05) is 20.8 Å². The summed E-state index contributed by atoms with van der Waals surface area (Å²) in [5, 5.41) is 2.80. The third-order valence-electron chi connectivity index (χ3n) is 2.99. The Labute approximate surface area is 107 Å². The Kier molecular flexibility index (Phi) is 5.09. The number of anilines is 1. The second-order valence-electron chi connectivity index (χ2n) is 4.62. The number of hydrogen-bond donors (Lipinski definition) is 2. The molecule has 0 saturated heterocycles. The number of nitrogens with zero attached hydrogens (tertiary/aromatic N) is 1. The van der Waals surface area contributed by atoms with E-state index in [0.29, 0.717) is 18.8 Å². The van der Waals surface area contributed by atoms with Crippen LogP contribution in [0.2, 0.25) is 0 Å². The summed E-state index contributed by atoms with van der Waals surface area (Å²) in [4.78, 5) is 23.4. The maximum absolute atomic E-state index is 12.0. The van der Waals surface area contributed by atoms with Gasteiger partial charge in [-0.2, -0.15) is 0 Å². The molecule has 18 heavy (non-hydrogen) atoms. The van der Waals surface area contributed by atoms with Gasteiger partial charge in [-0.15, -0.1) is 0 Å². The van der Waals surface area contributed by atoms with E-state index >= 15 is 0 Å². The largest absolute Gasteiger partial charge is 0.330 e. The zero-order valence-corrected chi connectivity index (χ0v) is 11.1. The van der Waals surface area contributed by atoms with Crippen molar-refractivity contribution < 1.29 is 4.79 Å². The molecule has 0 saturated carbocycles. The monoisotopic (exact) mass is 251 g/mol. The minimum absolute atomic E-state index is 0.0743. The lowest BCUT2D eigenvalue weighted by molar-refractivity contribution is -0.120. The lowest BCUT2D eigenvalue weighted by atomic mass is 9.95. The van der Waals surface area contributed by atoms with Crippen LogP contribution in [0.3, 0.4) is 0 Å². The molecule has 0 bridgehead atoms. The van der Waals surface area contributed by atoms with Crippen molar-refractivity contribution in [2.45, 2.75) is 27.3 Å². The molecule has 1 heterocycles. The van der Waals surface area contributed by atoms with Gasteiger partial charge in [0.15, 0.2) is 0 Å². The SMILES string of the molecule is CCn1cc(NC(=O)C(CN)C(C)C)ccc1=O. The summed E-state index contributed by atoms with van der Waals surface area (Å²) in [7, 11) is 0. The van der Waals surface area contributed by atoms with E-state index < -0.39 is 0 Å². The maximum atomic E-state index is 12.0. The highest BCUT2D eigenvalue weighted by molar-refractivity contribution is 5.92. The Morgan fingerprint density at radius 3 is 2.61 bits per heavy atom. The van der Waals surface area contributed by atoms with E-state index in [-0.39, 0.29) is 23.3 Å². The van der Waals surface area contributed by atoms with E-state index in [0.717, 1.165) is 0 Å². The van der Waals surface area contributed by atoms with Crippen LogP contribution >= 0.6 is 0 Å². The number of amides is 1. The number of nitrogens with one attached hydrogen (secondary N) is 1. The molecule has 0 spiro atoms. The number of carbonyl (C=O) groups excluding carboxylic acids is 1. The van der Waals surface area contributed by atoms with Crippen molar-refractivity contribution in [1.82, 2.24) is 4.57 Å². The number of pyridine rings is 1. The molecular weight excluding hydrogens is 230 g/mol. The van der Waals surface area contributed by atoms with Crippen LogP contribution in [0.5, 0.6) is 0 Å². The third kappa shape index (κ3) is 3.43. The lowest BCUT2D eigenvalue weighted by Crippen LogP contribution is -2.33. The van der Waals surface area contributed by atoms with Crippen LogP contribution in [0.25, 0.3) is 0 Å². The van der Waals surface area contributed by atoms with Crippen molar-refractivity contribution in [3.63, 3.8) is 0 Å². The zero-order chi connectivity index (χ0) is 13.7. The van der Waals surface area contributed by atoms with Gasteiger partial charge in [-0.1, -0.05) is 13.8 Å². The molecule has 1 aromatic rings. The highest BCUT2D eigenvalue weighted by atomic mass is 16.2. The molecule has 0 radical (unpaired) electrons. The summed E-state index contributed by atoms with van der Waals surface area (Å²) in [6.45, 7) is 6.70. The smallest absolute Gasteiger partial charge is 0.250 e. The van der Waals surface area contributed by atoms with Gasteiger partial charge in [0.25, 0.3) is 5.56 Å². The highest BCUT2D eigenvalue weighted by Crippen LogP contribution is 2.13. The Balaban J connectivity index is 2.84. The molecule has 1 rings (SSSR count).